The summed E-state index contributed by atoms with van der Waals surface area (Å²) in [6, 6.07) is 6.57. The van der Waals surface area contributed by atoms with E-state index in [1.54, 1.807) is 0 Å². The van der Waals surface area contributed by atoms with Crippen molar-refractivity contribution in [3.8, 4) is 0 Å². The molecule has 8 aliphatic rings. The third-order valence-corrected chi connectivity index (χ3v) is 14.0. The van der Waals surface area contributed by atoms with E-state index in [4.69, 9.17) is 95.3 Å². The van der Waals surface area contributed by atoms with E-state index in [0.29, 0.717) is 0 Å². The molecule has 132 heavy (non-hydrogen) atoms. The van der Waals surface area contributed by atoms with Gasteiger partial charge >= 0.3 is 48.2 Å². The second-order valence-corrected chi connectivity index (χ2v) is 33.3. The quantitative estimate of drug-likeness (QED) is 0.0387. The predicted molar refractivity (Wildman–Crippen MR) is 492 cm³/mol. The lowest BCUT2D eigenvalue weighted by molar-refractivity contribution is -0.481. The van der Waals surface area contributed by atoms with Crippen LogP contribution in [0.5, 0.6) is 0 Å². The summed E-state index contributed by atoms with van der Waals surface area (Å²) in [6.45, 7) is 0. The highest BCUT2D eigenvalue weighted by molar-refractivity contribution is 7.43. The third-order valence-electron chi connectivity index (χ3n) is 14.0. The number of nitrogens with zero attached hydrogens (tertiary/aromatic N) is 16. The van der Waals surface area contributed by atoms with Crippen LogP contribution >= 0.6 is 31.6 Å². The van der Waals surface area contributed by atoms with Gasteiger partial charge in [0.1, 0.15) is 31.6 Å². The largest absolute Gasteiger partial charge is 0.786 e. The van der Waals surface area contributed by atoms with Crippen LogP contribution < -0.4 is 81.7 Å². The zero-order valence-electron chi connectivity index (χ0n) is 81.7. The summed E-state index contributed by atoms with van der Waals surface area (Å²) in [6.07, 6.45) is 61.2. The van der Waals surface area contributed by atoms with Crippen molar-refractivity contribution in [3.63, 3.8) is 0 Å². The van der Waals surface area contributed by atoms with Crippen molar-refractivity contribution < 1.29 is 149 Å². The fourth-order valence-electron chi connectivity index (χ4n) is 9.79. The molecule has 0 amide bonds. The maximum Gasteiger partial charge on any atom is 0.447 e. The van der Waals surface area contributed by atoms with Crippen molar-refractivity contribution in [1.82, 2.24) is 81.7 Å². The first-order chi connectivity index (χ1) is 60.9. The Kier molecular flexibility index (Phi) is 66.1. The number of nitrogens with one attached hydrogen (secondary N) is 8. The maximum atomic E-state index is 10.1. The molecule has 752 valence electrons. The first kappa shape index (κ1) is 127. The van der Waals surface area contributed by atoms with Gasteiger partial charge in [-0.05, 0) is 147 Å². The molecule has 8 atom stereocenters. The van der Waals surface area contributed by atoms with Gasteiger partial charge in [0, 0.05) is 0 Å². The van der Waals surface area contributed by atoms with Crippen molar-refractivity contribution in [1.29, 1.82) is 0 Å². The minimum atomic E-state index is -5.64. The van der Waals surface area contributed by atoms with Crippen LogP contribution in [0, 0.1) is 0 Å². The van der Waals surface area contributed by atoms with E-state index in [-0.39, 0.29) is 49.8 Å². The molecule has 0 fully saturated rings. The number of allylic oxidation sites excluding steroid dienone is 16. The smallest absolute Gasteiger partial charge is 0.447 e. The number of ether oxygens (including phenoxy) is 8. The van der Waals surface area contributed by atoms with Crippen LogP contribution in [0.25, 0.3) is 0 Å². The number of hydrogen-bond donors (Lipinski definition) is 8. The molecule has 8 rings (SSSR count). The van der Waals surface area contributed by atoms with Crippen molar-refractivity contribution in [2.24, 2.45) is 0 Å². The fraction of sp³-hybridized carbons (Fsp3) is 0.500. The summed E-state index contributed by atoms with van der Waals surface area (Å²) < 4.78 is 136. The van der Waals surface area contributed by atoms with Crippen LogP contribution in [0.15, 0.2) is 195 Å². The van der Waals surface area contributed by atoms with Crippen molar-refractivity contribution in [2.75, 3.05) is 226 Å². The molecule has 44 nitrogen and oxygen atoms in total. The van der Waals surface area contributed by atoms with E-state index in [2.05, 4.69) is 42.5 Å². The van der Waals surface area contributed by atoms with Crippen LogP contribution in [0.2, 0.25) is 0 Å². The van der Waals surface area contributed by atoms with E-state index < -0.39 is 31.6 Å². The number of dihydropyridines is 8. The van der Waals surface area contributed by atoms with Crippen LogP contribution in [0.1, 0.15) is 0 Å². The molecule has 0 aliphatic carbocycles. The van der Waals surface area contributed by atoms with E-state index in [1.165, 1.54) is 0 Å². The predicted octanol–water partition coefficient (Wildman–Crippen LogP) is -3.33. The minimum Gasteiger partial charge on any atom is -0.786 e. The second kappa shape index (κ2) is 68.7. The molecule has 0 saturated heterocycles. The molecular weight excluding hydrogens is 1820 g/mol. The van der Waals surface area contributed by atoms with Gasteiger partial charge < -0.3 is 138 Å². The monoisotopic (exact) mass is 1960 g/mol. The molecule has 0 bridgehead atoms. The van der Waals surface area contributed by atoms with Gasteiger partial charge in [-0.15, -0.1) is 0 Å². The molecule has 8 N–H and O–H groups in total. The molecule has 0 spiro atoms. The lowest BCUT2D eigenvalue weighted by atomic mass is 10.4. The Labute approximate surface area is 777 Å². The Morgan fingerprint density at radius 1 is 0.205 bits per heavy atom. The number of rotatable bonds is 8. The van der Waals surface area contributed by atoms with Crippen molar-refractivity contribution >= 4 is 79.8 Å². The van der Waals surface area contributed by atoms with E-state index in [0.717, 1.165) is 48.2 Å². The number of hydrogen-bond acceptors (Lipinski definition) is 28. The fourth-order valence-corrected chi connectivity index (χ4v) is 9.79. The molecule has 0 aromatic carbocycles. The summed E-state index contributed by atoms with van der Waals surface area (Å²) in [5.74, 6) is 0. The summed E-state index contributed by atoms with van der Waals surface area (Å²) in [5.41, 5.74) is 0. The SMILES string of the molecule is CN(C)C(OC1C=CC=CN1)=[N+](C)C.CN(C)C(OC1C=CC=CN1)=[N+](C)C.CN(C)C(OC1C=CC=CN1)=[N+](C)C.CN(C)C(OC1C=CC=CN1)=[N+](C)C.CN(C)C(OC1C=CC=CN1)=[N+](C)C.CN(C)C(OC1C=CC=CN1)=[N+](C)C.CN(C)C(OC1C=CC=CN1)=[N+](C)C.CN(C)C(OC1C=CC=CN1)=[N+](C)C.O=P([O-])([O-])F.O=P([O-])([O-])F.O=P([O-])([O-])F.O=P([O-])([O-])F. The van der Waals surface area contributed by atoms with E-state index >= 15 is 0 Å². The Hall–Kier alpha value is -11.3. The maximum absolute atomic E-state index is 10.1. The molecule has 52 heteroatoms. The highest BCUT2D eigenvalue weighted by atomic mass is 31.2. The van der Waals surface area contributed by atoms with Gasteiger partial charge in [-0.2, -0.15) is 0 Å². The van der Waals surface area contributed by atoms with Gasteiger partial charge in [-0.3, -0.25) is 0 Å². The van der Waals surface area contributed by atoms with Gasteiger partial charge in [0.15, 0.2) is 49.8 Å². The second-order valence-electron chi connectivity index (χ2n) is 29.9. The van der Waals surface area contributed by atoms with Gasteiger partial charge in [0.2, 0.25) is 0 Å². The molecule has 8 unspecified atom stereocenters. The Morgan fingerprint density at radius 2 is 0.280 bits per heavy atom. The first-order valence-corrected chi connectivity index (χ1v) is 45.3. The summed E-state index contributed by atoms with van der Waals surface area (Å²) in [7, 11) is 40.0. The standard InChI is InChI=1S/8C10H18N3O.4FH2O3P/c8*1-12(2)10(13(3)4)14-9-7-5-6-8-11-9;4*1-5(2,3)4/h8*5-9,11H,1-4H3;4*(H2,2,3,4)/q8*+1;;;;/p-8. The van der Waals surface area contributed by atoms with Crippen molar-refractivity contribution in [2.45, 2.75) is 49.8 Å². The lowest BCUT2D eigenvalue weighted by Gasteiger charge is -2.19. The van der Waals surface area contributed by atoms with E-state index in [1.807, 2.05) is 497 Å². The lowest BCUT2D eigenvalue weighted by Crippen LogP contribution is -2.39. The van der Waals surface area contributed by atoms with Crippen LogP contribution in [-0.4, -0.2) is 399 Å². The van der Waals surface area contributed by atoms with E-state index in [9.17, 15) is 16.8 Å². The average Bonchev–Trinajstić information content (AvgIpc) is 0.933. The summed E-state index contributed by atoms with van der Waals surface area (Å²) in [5, 5.41) is 24.8. The molecule has 8 heterocycles. The number of halogens is 4. The Bertz CT molecular complexity index is 3580. The molecular formula is C80H144F4N24O20P4. The normalized spacial score (nSPS) is 17.7. The highest BCUT2D eigenvalue weighted by Crippen LogP contribution is 2.24. The molecule has 0 aromatic rings. The van der Waals surface area contributed by atoms with Crippen LogP contribution in [-0.2, 0) is 56.2 Å². The highest BCUT2D eigenvalue weighted by Gasteiger charge is 2.25. The van der Waals surface area contributed by atoms with Gasteiger partial charge in [0.25, 0.3) is 0 Å². The van der Waals surface area contributed by atoms with Crippen molar-refractivity contribution in [3.05, 3.63) is 195 Å². The summed E-state index contributed by atoms with van der Waals surface area (Å²) >= 11 is 0. The zero-order chi connectivity index (χ0) is 102. The zero-order valence-corrected chi connectivity index (χ0v) is 85.3. The summed E-state index contributed by atoms with van der Waals surface area (Å²) in [4.78, 5) is 83.0. The molecule has 0 saturated carbocycles. The Morgan fingerprint density at radius 3 is 0.326 bits per heavy atom. The average molecular weight is 1960 g/mol. The topological polar surface area (TPSA) is 473 Å². The van der Waals surface area contributed by atoms with Gasteiger partial charge in [0.05, 0.1) is 226 Å². The molecule has 8 aliphatic heterocycles. The minimum absolute atomic E-state index is 0.0835. The van der Waals surface area contributed by atoms with Gasteiger partial charge in [-0.1, -0.05) is 48.6 Å². The van der Waals surface area contributed by atoms with Gasteiger partial charge in [-0.25, -0.2) is 92.6 Å². The first-order valence-electron chi connectivity index (χ1n) is 39.6. The van der Waals surface area contributed by atoms with Crippen LogP contribution in [0.3, 0.4) is 0 Å². The Balaban J connectivity index is -0.000000688. The molecule has 0 radical (unpaired) electrons. The number of amidine groups is 8. The molecule has 0 aromatic heterocycles. The third kappa shape index (κ3) is 74.4. The van der Waals surface area contributed by atoms with Crippen LogP contribution in [0.4, 0.5) is 16.8 Å².